The average molecular weight is 206 g/mol. The summed E-state index contributed by atoms with van der Waals surface area (Å²) in [7, 11) is 0. The van der Waals surface area contributed by atoms with E-state index in [0.29, 0.717) is 12.0 Å². The van der Waals surface area contributed by atoms with E-state index in [1.807, 2.05) is 24.4 Å². The number of pyridine rings is 1. The summed E-state index contributed by atoms with van der Waals surface area (Å²) in [5.41, 5.74) is 1.10. The molecule has 0 aromatic carbocycles. The lowest BCUT2D eigenvalue weighted by atomic mass is 10.0. The van der Waals surface area contributed by atoms with E-state index < -0.39 is 0 Å². The molecule has 0 amide bonds. The van der Waals surface area contributed by atoms with Crippen LogP contribution in [0.2, 0.25) is 0 Å². The van der Waals surface area contributed by atoms with E-state index in [4.69, 9.17) is 4.74 Å². The second-order valence-electron chi connectivity index (χ2n) is 4.08. The Labute approximate surface area is 90.9 Å². The molecule has 2 atom stereocenters. The number of hydrogen-bond donors (Lipinski definition) is 1. The zero-order valence-corrected chi connectivity index (χ0v) is 9.15. The molecular formula is C12H18N2O. The molecule has 0 saturated carbocycles. The smallest absolute Gasteiger partial charge is 0.0588 e. The maximum absolute atomic E-state index is 5.51. The highest BCUT2D eigenvalue weighted by Crippen LogP contribution is 2.19. The molecule has 1 N–H and O–H groups in total. The maximum atomic E-state index is 5.51. The molecule has 1 aromatic heterocycles. The van der Waals surface area contributed by atoms with Crippen molar-refractivity contribution in [3.8, 4) is 0 Å². The summed E-state index contributed by atoms with van der Waals surface area (Å²) >= 11 is 0. The van der Waals surface area contributed by atoms with Gasteiger partial charge in [-0.2, -0.15) is 0 Å². The number of nitrogens with one attached hydrogen (secondary N) is 1. The minimum absolute atomic E-state index is 0.404. The molecule has 1 fully saturated rings. The summed E-state index contributed by atoms with van der Waals surface area (Å²) in [5.74, 6) is 0.661. The zero-order valence-electron chi connectivity index (χ0n) is 9.15. The number of hydrogen-bond acceptors (Lipinski definition) is 3. The van der Waals surface area contributed by atoms with E-state index in [0.717, 1.165) is 25.4 Å². The third kappa shape index (κ3) is 3.01. The number of rotatable bonds is 4. The summed E-state index contributed by atoms with van der Waals surface area (Å²) in [6, 6.07) is 6.00. The Morgan fingerprint density at radius 1 is 1.53 bits per heavy atom. The molecule has 82 valence electrons. The van der Waals surface area contributed by atoms with Gasteiger partial charge in [0.15, 0.2) is 0 Å². The van der Waals surface area contributed by atoms with Gasteiger partial charge in [-0.3, -0.25) is 4.98 Å². The third-order valence-electron chi connectivity index (χ3n) is 2.97. The highest BCUT2D eigenvalue weighted by molar-refractivity contribution is 5.02. The monoisotopic (exact) mass is 206 g/mol. The lowest BCUT2D eigenvalue weighted by Gasteiger charge is -2.14. The van der Waals surface area contributed by atoms with Crippen LogP contribution < -0.4 is 5.32 Å². The maximum Gasteiger partial charge on any atom is 0.0588 e. The molecule has 2 unspecified atom stereocenters. The zero-order chi connectivity index (χ0) is 10.5. The predicted molar refractivity (Wildman–Crippen MR) is 59.5 cm³/mol. The van der Waals surface area contributed by atoms with Crippen molar-refractivity contribution in [3.05, 3.63) is 30.1 Å². The first-order chi connectivity index (χ1) is 7.36. The Hall–Kier alpha value is -0.930. The van der Waals surface area contributed by atoms with E-state index in [2.05, 4.69) is 17.2 Å². The van der Waals surface area contributed by atoms with Crippen LogP contribution in [-0.2, 0) is 11.3 Å². The van der Waals surface area contributed by atoms with Gasteiger partial charge in [0.25, 0.3) is 0 Å². The molecule has 0 radical (unpaired) electrons. The number of nitrogens with zero attached hydrogens (tertiary/aromatic N) is 1. The van der Waals surface area contributed by atoms with Crippen LogP contribution in [0, 0.1) is 5.92 Å². The minimum atomic E-state index is 0.404. The van der Waals surface area contributed by atoms with Gasteiger partial charge in [0.05, 0.1) is 11.8 Å². The molecule has 3 heteroatoms. The quantitative estimate of drug-likeness (QED) is 0.812. The first-order valence-corrected chi connectivity index (χ1v) is 5.58. The van der Waals surface area contributed by atoms with Crippen LogP contribution in [0.15, 0.2) is 24.4 Å². The Bertz CT molecular complexity index is 289. The van der Waals surface area contributed by atoms with E-state index in [9.17, 15) is 0 Å². The van der Waals surface area contributed by atoms with E-state index in [1.165, 1.54) is 6.42 Å². The molecule has 1 aromatic rings. The number of aromatic nitrogens is 1. The van der Waals surface area contributed by atoms with Crippen LogP contribution in [0.4, 0.5) is 0 Å². The van der Waals surface area contributed by atoms with Crippen molar-refractivity contribution in [2.75, 3.05) is 13.2 Å². The van der Waals surface area contributed by atoms with Crippen molar-refractivity contribution in [1.29, 1.82) is 0 Å². The summed E-state index contributed by atoms with van der Waals surface area (Å²) in [6.07, 6.45) is 3.41. The van der Waals surface area contributed by atoms with Crippen molar-refractivity contribution in [2.45, 2.75) is 26.0 Å². The van der Waals surface area contributed by atoms with Crippen molar-refractivity contribution in [1.82, 2.24) is 10.3 Å². The van der Waals surface area contributed by atoms with Crippen LogP contribution in [0.1, 0.15) is 19.0 Å². The summed E-state index contributed by atoms with van der Waals surface area (Å²) in [6.45, 7) is 4.94. The fraction of sp³-hybridized carbons (Fsp3) is 0.583. The Balaban J connectivity index is 1.71. The lowest BCUT2D eigenvalue weighted by molar-refractivity contribution is 0.105. The van der Waals surface area contributed by atoms with Crippen LogP contribution >= 0.6 is 0 Å². The Morgan fingerprint density at radius 2 is 2.47 bits per heavy atom. The highest BCUT2D eigenvalue weighted by atomic mass is 16.5. The van der Waals surface area contributed by atoms with Crippen LogP contribution in [0.25, 0.3) is 0 Å². The van der Waals surface area contributed by atoms with E-state index in [-0.39, 0.29) is 0 Å². The summed E-state index contributed by atoms with van der Waals surface area (Å²) < 4.78 is 5.51. The predicted octanol–water partition coefficient (Wildman–Crippen LogP) is 1.60. The molecule has 1 aliphatic heterocycles. The SMILES string of the molecule is CC1OCCC1CNCc1ccccn1. The van der Waals surface area contributed by atoms with E-state index >= 15 is 0 Å². The van der Waals surface area contributed by atoms with Crippen molar-refractivity contribution >= 4 is 0 Å². The Kier molecular flexibility index (Phi) is 3.69. The van der Waals surface area contributed by atoms with Gasteiger partial charge >= 0.3 is 0 Å². The van der Waals surface area contributed by atoms with Crippen LogP contribution in [0.5, 0.6) is 0 Å². The fourth-order valence-corrected chi connectivity index (χ4v) is 1.93. The summed E-state index contributed by atoms with van der Waals surface area (Å²) in [5, 5.41) is 3.43. The topological polar surface area (TPSA) is 34.1 Å². The van der Waals surface area contributed by atoms with Gasteiger partial charge in [-0.05, 0) is 31.4 Å². The van der Waals surface area contributed by atoms with Crippen LogP contribution in [0.3, 0.4) is 0 Å². The number of ether oxygens (including phenoxy) is 1. The van der Waals surface area contributed by atoms with Gasteiger partial charge in [-0.25, -0.2) is 0 Å². The normalized spacial score (nSPS) is 25.7. The van der Waals surface area contributed by atoms with Gasteiger partial charge in [0, 0.05) is 25.9 Å². The van der Waals surface area contributed by atoms with Crippen LogP contribution in [-0.4, -0.2) is 24.2 Å². The molecule has 1 saturated heterocycles. The molecular weight excluding hydrogens is 188 g/mol. The summed E-state index contributed by atoms with van der Waals surface area (Å²) in [4.78, 5) is 4.27. The largest absolute Gasteiger partial charge is 0.378 e. The molecule has 3 nitrogen and oxygen atoms in total. The van der Waals surface area contributed by atoms with Crippen molar-refractivity contribution in [2.24, 2.45) is 5.92 Å². The van der Waals surface area contributed by atoms with Crippen molar-refractivity contribution < 1.29 is 4.74 Å². The third-order valence-corrected chi connectivity index (χ3v) is 2.97. The molecule has 0 bridgehead atoms. The van der Waals surface area contributed by atoms with Crippen molar-refractivity contribution in [3.63, 3.8) is 0 Å². The highest BCUT2D eigenvalue weighted by Gasteiger charge is 2.23. The molecule has 2 heterocycles. The molecule has 0 spiro atoms. The lowest BCUT2D eigenvalue weighted by Crippen LogP contribution is -2.26. The van der Waals surface area contributed by atoms with Gasteiger partial charge in [0.2, 0.25) is 0 Å². The van der Waals surface area contributed by atoms with Gasteiger partial charge in [-0.1, -0.05) is 6.07 Å². The molecule has 2 rings (SSSR count). The Morgan fingerprint density at radius 3 is 3.13 bits per heavy atom. The second kappa shape index (κ2) is 5.24. The minimum Gasteiger partial charge on any atom is -0.378 e. The molecule has 1 aliphatic rings. The molecule has 0 aliphatic carbocycles. The van der Waals surface area contributed by atoms with Gasteiger partial charge < -0.3 is 10.1 Å². The van der Waals surface area contributed by atoms with E-state index in [1.54, 1.807) is 0 Å². The van der Waals surface area contributed by atoms with Gasteiger partial charge in [0.1, 0.15) is 0 Å². The standard InChI is InChI=1S/C12H18N2O/c1-10-11(5-7-15-10)8-13-9-12-4-2-3-6-14-12/h2-4,6,10-11,13H,5,7-9H2,1H3. The first kappa shape index (κ1) is 10.6. The average Bonchev–Trinajstić information content (AvgIpc) is 2.66. The fourth-order valence-electron chi connectivity index (χ4n) is 1.93. The first-order valence-electron chi connectivity index (χ1n) is 5.58. The van der Waals surface area contributed by atoms with Gasteiger partial charge in [-0.15, -0.1) is 0 Å². The second-order valence-corrected chi connectivity index (χ2v) is 4.08. The molecule has 15 heavy (non-hydrogen) atoms.